The van der Waals surface area contributed by atoms with E-state index in [1.807, 2.05) is 61.8 Å². The number of hydrogen-bond donors (Lipinski definition) is 3. The summed E-state index contributed by atoms with van der Waals surface area (Å²) < 4.78 is 0. The lowest BCUT2D eigenvalue weighted by Gasteiger charge is -2.20. The molecule has 4 aromatic rings. The van der Waals surface area contributed by atoms with E-state index in [0.717, 1.165) is 46.8 Å². The fourth-order valence-electron chi connectivity index (χ4n) is 4.09. The smallest absolute Gasteiger partial charge is 0.224 e. The van der Waals surface area contributed by atoms with Gasteiger partial charge in [0, 0.05) is 42.6 Å². The quantitative estimate of drug-likeness (QED) is 0.388. The number of aromatic amines is 1. The van der Waals surface area contributed by atoms with E-state index in [4.69, 9.17) is 4.98 Å². The van der Waals surface area contributed by atoms with Crippen molar-refractivity contribution in [3.05, 3.63) is 89.5 Å². The first kappa shape index (κ1) is 20.2. The Morgan fingerprint density at radius 3 is 2.66 bits per heavy atom. The predicted molar refractivity (Wildman–Crippen MR) is 127 cm³/mol. The summed E-state index contributed by atoms with van der Waals surface area (Å²) in [4.78, 5) is 25.9. The van der Waals surface area contributed by atoms with Crippen LogP contribution in [0.1, 0.15) is 47.4 Å². The largest absolute Gasteiger partial charge is 0.373 e. The summed E-state index contributed by atoms with van der Waals surface area (Å²) >= 11 is 0. The van der Waals surface area contributed by atoms with Gasteiger partial charge in [0.05, 0.1) is 18.2 Å². The van der Waals surface area contributed by atoms with Crippen LogP contribution in [0.25, 0.3) is 10.9 Å². The van der Waals surface area contributed by atoms with Crippen molar-refractivity contribution in [3.8, 4) is 0 Å². The number of carbonyl (C=O) groups excluding carboxylic acids is 1. The number of hydrogen-bond acceptors (Lipinski definition) is 4. The Morgan fingerprint density at radius 2 is 1.88 bits per heavy atom. The number of anilines is 1. The van der Waals surface area contributed by atoms with Gasteiger partial charge in [0.25, 0.3) is 0 Å². The van der Waals surface area contributed by atoms with Gasteiger partial charge in [0.2, 0.25) is 5.91 Å². The van der Waals surface area contributed by atoms with Gasteiger partial charge in [0.1, 0.15) is 11.6 Å². The van der Waals surface area contributed by atoms with E-state index in [9.17, 15) is 4.79 Å². The summed E-state index contributed by atoms with van der Waals surface area (Å²) in [7, 11) is 1.87. The lowest BCUT2D eigenvalue weighted by Crippen LogP contribution is -2.32. The first-order valence-electron chi connectivity index (χ1n) is 11.1. The summed E-state index contributed by atoms with van der Waals surface area (Å²) in [5.41, 5.74) is 4.09. The molecular weight excluding hydrogens is 398 g/mol. The van der Waals surface area contributed by atoms with Crippen LogP contribution in [-0.4, -0.2) is 27.9 Å². The van der Waals surface area contributed by atoms with E-state index in [1.54, 1.807) is 0 Å². The van der Waals surface area contributed by atoms with Crippen LogP contribution in [0, 0.1) is 0 Å². The van der Waals surface area contributed by atoms with Crippen LogP contribution in [0.5, 0.6) is 0 Å². The van der Waals surface area contributed by atoms with E-state index >= 15 is 0 Å². The molecule has 0 saturated heterocycles. The summed E-state index contributed by atoms with van der Waals surface area (Å²) in [5, 5.41) is 7.58. The number of para-hydroxylation sites is 1. The van der Waals surface area contributed by atoms with Gasteiger partial charge in [-0.2, -0.15) is 0 Å². The molecule has 0 bridgehead atoms. The molecule has 1 atom stereocenters. The minimum absolute atomic E-state index is 0.0152. The van der Waals surface area contributed by atoms with Crippen molar-refractivity contribution >= 4 is 22.6 Å². The first-order chi connectivity index (χ1) is 15.7. The number of nitrogens with one attached hydrogen (secondary N) is 3. The van der Waals surface area contributed by atoms with Gasteiger partial charge in [-0.1, -0.05) is 48.5 Å². The van der Waals surface area contributed by atoms with Crippen molar-refractivity contribution in [2.24, 2.45) is 0 Å². The number of carbonyl (C=O) groups is 1. The molecule has 3 N–H and O–H groups in total. The molecule has 2 aromatic carbocycles. The number of rotatable bonds is 8. The molecule has 2 heterocycles. The maximum Gasteiger partial charge on any atom is 0.224 e. The highest BCUT2D eigenvalue weighted by molar-refractivity contribution is 5.83. The van der Waals surface area contributed by atoms with Crippen molar-refractivity contribution in [1.29, 1.82) is 0 Å². The van der Waals surface area contributed by atoms with Crippen LogP contribution in [0.4, 0.5) is 5.82 Å². The Hall–Kier alpha value is -3.67. The fourth-order valence-corrected chi connectivity index (χ4v) is 4.09. The molecule has 162 valence electrons. The standard InChI is InChI=1S/C26H27N5O/c1-27-24-15-23(30-26(31-24)18-11-12-18)22(29-25(32)13-17-7-3-2-4-8-17)14-19-16-28-21-10-6-5-9-20(19)21/h2-10,15-16,18,22,28H,11-14H2,1H3,(H,29,32)(H,27,30,31)/t22-/m1/s1. The van der Waals surface area contributed by atoms with Gasteiger partial charge >= 0.3 is 0 Å². The summed E-state index contributed by atoms with van der Waals surface area (Å²) in [5.74, 6) is 2.07. The van der Waals surface area contributed by atoms with E-state index < -0.39 is 0 Å². The molecule has 1 aliphatic carbocycles. The number of aromatic nitrogens is 3. The molecule has 0 radical (unpaired) electrons. The van der Waals surface area contributed by atoms with Crippen molar-refractivity contribution in [1.82, 2.24) is 20.3 Å². The molecule has 1 fully saturated rings. The zero-order valence-corrected chi connectivity index (χ0v) is 18.1. The fraction of sp³-hybridized carbons (Fsp3) is 0.269. The van der Waals surface area contributed by atoms with E-state index in [2.05, 4.69) is 32.7 Å². The van der Waals surface area contributed by atoms with Crippen LogP contribution in [-0.2, 0) is 17.6 Å². The molecule has 6 nitrogen and oxygen atoms in total. The highest BCUT2D eigenvalue weighted by Gasteiger charge is 2.29. The number of H-pyrrole nitrogens is 1. The lowest BCUT2D eigenvalue weighted by atomic mass is 10.0. The topological polar surface area (TPSA) is 82.7 Å². The van der Waals surface area contributed by atoms with Gasteiger partial charge in [-0.25, -0.2) is 9.97 Å². The van der Waals surface area contributed by atoms with Crippen LogP contribution < -0.4 is 10.6 Å². The molecule has 0 unspecified atom stereocenters. The van der Waals surface area contributed by atoms with Gasteiger partial charge in [-0.15, -0.1) is 0 Å². The third-order valence-corrected chi connectivity index (χ3v) is 5.96. The molecule has 1 aliphatic rings. The third kappa shape index (κ3) is 4.49. The SMILES string of the molecule is CNc1cc([C@@H](Cc2c[nH]c3ccccc23)NC(=O)Cc2ccccc2)nc(C2CC2)n1. The van der Waals surface area contributed by atoms with Gasteiger partial charge < -0.3 is 15.6 Å². The number of benzene rings is 2. The van der Waals surface area contributed by atoms with Gasteiger partial charge in [-0.05, 0) is 30.0 Å². The average molecular weight is 426 g/mol. The van der Waals surface area contributed by atoms with E-state index in [1.165, 1.54) is 5.39 Å². The normalized spacial score (nSPS) is 14.3. The van der Waals surface area contributed by atoms with Crippen molar-refractivity contribution in [2.75, 3.05) is 12.4 Å². The van der Waals surface area contributed by atoms with Crippen LogP contribution >= 0.6 is 0 Å². The zero-order chi connectivity index (χ0) is 21.9. The first-order valence-corrected chi connectivity index (χ1v) is 11.1. The second-order valence-corrected chi connectivity index (χ2v) is 8.41. The minimum Gasteiger partial charge on any atom is -0.373 e. The highest BCUT2D eigenvalue weighted by atomic mass is 16.1. The molecule has 1 amide bonds. The number of nitrogens with zero attached hydrogens (tertiary/aromatic N) is 2. The van der Waals surface area contributed by atoms with Crippen molar-refractivity contribution in [2.45, 2.75) is 37.6 Å². The van der Waals surface area contributed by atoms with Gasteiger partial charge in [-0.3, -0.25) is 4.79 Å². The Kier molecular flexibility index (Phi) is 5.58. The summed E-state index contributed by atoms with van der Waals surface area (Å²) in [6, 6.07) is 19.8. The average Bonchev–Trinajstić information content (AvgIpc) is 3.60. The second kappa shape index (κ2) is 8.83. The molecule has 6 heteroatoms. The molecule has 32 heavy (non-hydrogen) atoms. The molecule has 1 saturated carbocycles. The maximum absolute atomic E-state index is 13.0. The third-order valence-electron chi connectivity index (χ3n) is 5.96. The lowest BCUT2D eigenvalue weighted by molar-refractivity contribution is -0.121. The Morgan fingerprint density at radius 1 is 1.09 bits per heavy atom. The molecular formula is C26H27N5O. The molecule has 2 aromatic heterocycles. The van der Waals surface area contributed by atoms with Crippen LogP contribution in [0.2, 0.25) is 0 Å². The molecule has 0 spiro atoms. The second-order valence-electron chi connectivity index (χ2n) is 8.41. The minimum atomic E-state index is -0.252. The van der Waals surface area contributed by atoms with Crippen molar-refractivity contribution < 1.29 is 4.79 Å². The number of fused-ring (bicyclic) bond motifs is 1. The predicted octanol–water partition coefficient (Wildman–Crippen LogP) is 4.52. The highest BCUT2D eigenvalue weighted by Crippen LogP contribution is 2.39. The summed E-state index contributed by atoms with van der Waals surface area (Å²) in [6.07, 6.45) is 5.27. The summed E-state index contributed by atoms with van der Waals surface area (Å²) in [6.45, 7) is 0. The maximum atomic E-state index is 13.0. The molecule has 5 rings (SSSR count). The van der Waals surface area contributed by atoms with Crippen LogP contribution in [0.15, 0.2) is 66.9 Å². The Balaban J connectivity index is 1.47. The zero-order valence-electron chi connectivity index (χ0n) is 18.1. The monoisotopic (exact) mass is 425 g/mol. The van der Waals surface area contributed by atoms with E-state index in [-0.39, 0.29) is 11.9 Å². The van der Waals surface area contributed by atoms with Crippen molar-refractivity contribution in [3.63, 3.8) is 0 Å². The Bertz CT molecular complexity index is 1230. The van der Waals surface area contributed by atoms with Crippen LogP contribution in [0.3, 0.4) is 0 Å². The number of amides is 1. The van der Waals surface area contributed by atoms with E-state index in [0.29, 0.717) is 18.8 Å². The molecule has 0 aliphatic heterocycles. The Labute approximate surface area is 187 Å². The van der Waals surface area contributed by atoms with Gasteiger partial charge in [0.15, 0.2) is 0 Å².